The lowest BCUT2D eigenvalue weighted by molar-refractivity contribution is -0.132. The van der Waals surface area contributed by atoms with Crippen LogP contribution in [-0.2, 0) is 9.53 Å². The zero-order valence-electron chi connectivity index (χ0n) is 13.5. The van der Waals surface area contributed by atoms with Crippen molar-refractivity contribution in [2.45, 2.75) is 57.1 Å². The van der Waals surface area contributed by atoms with E-state index in [4.69, 9.17) is 4.74 Å². The first-order chi connectivity index (χ1) is 10.7. The third kappa shape index (κ3) is 4.99. The summed E-state index contributed by atoms with van der Waals surface area (Å²) in [5.41, 5.74) is 1.42. The Hall–Kier alpha value is -1.61. The number of rotatable bonds is 7. The first kappa shape index (κ1) is 16.8. The number of hydrogen-bond donors (Lipinski definition) is 1. The summed E-state index contributed by atoms with van der Waals surface area (Å²) in [7, 11) is 0. The van der Waals surface area contributed by atoms with E-state index in [1.807, 2.05) is 6.92 Å². The minimum atomic E-state index is -0.383. The first-order valence-corrected chi connectivity index (χ1v) is 8.28. The van der Waals surface area contributed by atoms with Crippen LogP contribution in [0.25, 0.3) is 0 Å². The van der Waals surface area contributed by atoms with Crippen LogP contribution in [0, 0.1) is 0 Å². The van der Waals surface area contributed by atoms with E-state index in [-0.39, 0.29) is 18.1 Å². The van der Waals surface area contributed by atoms with Crippen molar-refractivity contribution in [1.82, 2.24) is 5.32 Å². The van der Waals surface area contributed by atoms with Crippen LogP contribution >= 0.6 is 0 Å². The number of carbonyl (C=O) groups excluding carboxylic acids is 1. The van der Waals surface area contributed by atoms with Gasteiger partial charge in [0.15, 0.2) is 0 Å². The van der Waals surface area contributed by atoms with Gasteiger partial charge in [0.2, 0.25) is 5.91 Å². The van der Waals surface area contributed by atoms with Gasteiger partial charge in [0, 0.05) is 6.04 Å². The molecule has 1 aromatic carbocycles. The predicted molar refractivity (Wildman–Crippen MR) is 89.8 cm³/mol. The molecule has 0 radical (unpaired) electrons. The van der Waals surface area contributed by atoms with E-state index in [2.05, 4.69) is 42.2 Å². The highest BCUT2D eigenvalue weighted by atomic mass is 16.5. The fourth-order valence-electron chi connectivity index (χ4n) is 3.02. The largest absolute Gasteiger partial charge is 0.368 e. The third-order valence-corrected chi connectivity index (χ3v) is 4.40. The van der Waals surface area contributed by atoms with Crippen LogP contribution in [0.4, 0.5) is 0 Å². The molecule has 1 aromatic rings. The maximum atomic E-state index is 12.1. The highest BCUT2D eigenvalue weighted by Crippen LogP contribution is 2.32. The van der Waals surface area contributed by atoms with Crippen LogP contribution in [0.15, 0.2) is 43.0 Å². The first-order valence-electron chi connectivity index (χ1n) is 8.28. The second-order valence-electron chi connectivity index (χ2n) is 6.06. The molecular formula is C19H27NO2. The quantitative estimate of drug-likeness (QED) is 0.614. The Kier molecular flexibility index (Phi) is 6.66. The van der Waals surface area contributed by atoms with Crippen molar-refractivity contribution in [2.75, 3.05) is 6.61 Å². The van der Waals surface area contributed by atoms with Crippen molar-refractivity contribution in [2.24, 2.45) is 0 Å². The molecule has 1 fully saturated rings. The molecule has 0 bridgehead atoms. The maximum absolute atomic E-state index is 12.1. The minimum Gasteiger partial charge on any atom is -0.368 e. The molecule has 22 heavy (non-hydrogen) atoms. The Morgan fingerprint density at radius 3 is 2.64 bits per heavy atom. The number of ether oxygens (including phenoxy) is 1. The van der Waals surface area contributed by atoms with E-state index < -0.39 is 0 Å². The van der Waals surface area contributed by atoms with E-state index >= 15 is 0 Å². The molecule has 120 valence electrons. The average Bonchev–Trinajstić information content (AvgIpc) is 2.56. The van der Waals surface area contributed by atoms with Gasteiger partial charge in [0.05, 0.1) is 6.61 Å². The Balaban J connectivity index is 1.73. The molecule has 3 heteroatoms. The van der Waals surface area contributed by atoms with E-state index in [1.54, 1.807) is 6.08 Å². The molecule has 1 aliphatic carbocycles. The van der Waals surface area contributed by atoms with Gasteiger partial charge in [-0.1, -0.05) is 36.4 Å². The summed E-state index contributed by atoms with van der Waals surface area (Å²) in [6.45, 7) is 6.02. The molecule has 1 saturated carbocycles. The molecule has 2 rings (SSSR count). The van der Waals surface area contributed by atoms with Crippen LogP contribution in [0.5, 0.6) is 0 Å². The van der Waals surface area contributed by atoms with Crippen molar-refractivity contribution in [1.29, 1.82) is 0 Å². The van der Waals surface area contributed by atoms with Crippen LogP contribution < -0.4 is 5.32 Å². The van der Waals surface area contributed by atoms with Crippen molar-refractivity contribution in [3.05, 3.63) is 48.6 Å². The molecule has 0 spiro atoms. The minimum absolute atomic E-state index is 0.00669. The Morgan fingerprint density at radius 1 is 1.32 bits per heavy atom. The van der Waals surface area contributed by atoms with Gasteiger partial charge in [0.1, 0.15) is 6.10 Å². The lowest BCUT2D eigenvalue weighted by Crippen LogP contribution is -2.42. The van der Waals surface area contributed by atoms with Gasteiger partial charge < -0.3 is 10.1 Å². The lowest BCUT2D eigenvalue weighted by Gasteiger charge is -2.30. The molecular weight excluding hydrogens is 274 g/mol. The van der Waals surface area contributed by atoms with Gasteiger partial charge in [0.25, 0.3) is 0 Å². The second kappa shape index (κ2) is 8.74. The molecule has 0 saturated heterocycles. The fraction of sp³-hybridized carbons (Fsp3) is 0.526. The number of benzene rings is 1. The molecule has 0 aliphatic heterocycles. The van der Waals surface area contributed by atoms with E-state index in [9.17, 15) is 4.79 Å². The van der Waals surface area contributed by atoms with E-state index in [1.165, 1.54) is 5.56 Å². The molecule has 0 aromatic heterocycles. The molecule has 1 atom stereocenters. The summed E-state index contributed by atoms with van der Waals surface area (Å²) in [5, 5.41) is 3.13. The summed E-state index contributed by atoms with van der Waals surface area (Å²) in [6, 6.07) is 11.0. The topological polar surface area (TPSA) is 38.3 Å². The average molecular weight is 301 g/mol. The van der Waals surface area contributed by atoms with Gasteiger partial charge >= 0.3 is 0 Å². The summed E-state index contributed by atoms with van der Waals surface area (Å²) in [5.74, 6) is 0.642. The van der Waals surface area contributed by atoms with Crippen molar-refractivity contribution < 1.29 is 9.53 Å². The van der Waals surface area contributed by atoms with Crippen molar-refractivity contribution >= 4 is 5.91 Å². The highest BCUT2D eigenvalue weighted by Gasteiger charge is 2.24. The van der Waals surface area contributed by atoms with Crippen LogP contribution in [0.1, 0.15) is 50.5 Å². The van der Waals surface area contributed by atoms with Gasteiger partial charge in [-0.15, -0.1) is 6.58 Å². The molecule has 1 N–H and O–H groups in total. The summed E-state index contributed by atoms with van der Waals surface area (Å²) >= 11 is 0. The summed E-state index contributed by atoms with van der Waals surface area (Å²) < 4.78 is 5.49. The van der Waals surface area contributed by atoms with Crippen molar-refractivity contribution in [3.63, 3.8) is 0 Å². The van der Waals surface area contributed by atoms with Crippen LogP contribution in [0.2, 0.25) is 0 Å². The van der Waals surface area contributed by atoms with Crippen molar-refractivity contribution in [3.8, 4) is 0 Å². The van der Waals surface area contributed by atoms with Gasteiger partial charge in [-0.25, -0.2) is 0 Å². The number of nitrogens with one attached hydrogen (secondary N) is 1. The SMILES string of the molecule is C=CCCOC(C)C(=O)NC1CCC(c2ccccc2)CC1. The number of hydrogen-bond acceptors (Lipinski definition) is 2. The normalized spacial score (nSPS) is 22.8. The van der Waals surface area contributed by atoms with E-state index in [0.29, 0.717) is 12.5 Å². The van der Waals surface area contributed by atoms with Gasteiger partial charge in [-0.05, 0) is 50.5 Å². The standard InChI is InChI=1S/C19H27NO2/c1-3-4-14-22-15(2)19(21)20-18-12-10-17(11-13-18)16-8-6-5-7-9-16/h3,5-9,15,17-18H,1,4,10-14H2,2H3,(H,20,21). The maximum Gasteiger partial charge on any atom is 0.249 e. The van der Waals surface area contributed by atoms with Gasteiger partial charge in [-0.3, -0.25) is 4.79 Å². The highest BCUT2D eigenvalue weighted by molar-refractivity contribution is 5.80. The fourth-order valence-corrected chi connectivity index (χ4v) is 3.02. The van der Waals surface area contributed by atoms with Crippen LogP contribution in [-0.4, -0.2) is 24.7 Å². The lowest BCUT2D eigenvalue weighted by atomic mass is 9.82. The molecule has 0 heterocycles. The van der Waals surface area contributed by atoms with Crippen LogP contribution in [0.3, 0.4) is 0 Å². The zero-order chi connectivity index (χ0) is 15.8. The molecule has 1 amide bonds. The molecule has 3 nitrogen and oxygen atoms in total. The van der Waals surface area contributed by atoms with E-state index in [0.717, 1.165) is 32.1 Å². The summed E-state index contributed by atoms with van der Waals surface area (Å²) in [6.07, 6.45) is 6.57. The zero-order valence-corrected chi connectivity index (χ0v) is 13.5. The Morgan fingerprint density at radius 2 is 2.00 bits per heavy atom. The molecule has 1 unspecified atom stereocenters. The Bertz CT molecular complexity index is 464. The summed E-state index contributed by atoms with van der Waals surface area (Å²) in [4.78, 5) is 12.1. The third-order valence-electron chi connectivity index (χ3n) is 4.40. The van der Waals surface area contributed by atoms with Gasteiger partial charge in [-0.2, -0.15) is 0 Å². The smallest absolute Gasteiger partial charge is 0.249 e. The second-order valence-corrected chi connectivity index (χ2v) is 6.06. The monoisotopic (exact) mass is 301 g/mol. The number of amides is 1. The predicted octanol–water partition coefficient (Wildman–Crippen LogP) is 3.81. The Labute approximate surface area is 133 Å². The number of carbonyl (C=O) groups is 1. The molecule has 1 aliphatic rings.